The van der Waals surface area contributed by atoms with Gasteiger partial charge in [0.2, 0.25) is 11.8 Å². The molecule has 0 rings (SSSR count). The molecule has 0 fully saturated rings. The Labute approximate surface area is 146 Å². The van der Waals surface area contributed by atoms with E-state index in [1.807, 2.05) is 0 Å². The lowest BCUT2D eigenvalue weighted by Gasteiger charge is -2.26. The van der Waals surface area contributed by atoms with Crippen molar-refractivity contribution >= 4 is 23.9 Å². The molecule has 0 bridgehead atoms. The minimum atomic E-state index is -1.22. The first kappa shape index (κ1) is 22.6. The molecule has 144 valence electrons. The molecule has 0 unspecified atom stereocenters. The smallest absolute Gasteiger partial charge is 0.434 e. The highest BCUT2D eigenvalue weighted by molar-refractivity contribution is 5.92. The summed E-state index contributed by atoms with van der Waals surface area (Å²) >= 11 is 0. The Hall–Kier alpha value is -2.36. The largest absolute Gasteiger partial charge is 0.467 e. The highest BCUT2D eigenvalue weighted by Crippen LogP contribution is 2.12. The first-order chi connectivity index (χ1) is 11.5. The molecule has 3 amide bonds. The molecule has 0 aliphatic rings. The molecule has 3 N–H and O–H groups in total. The van der Waals surface area contributed by atoms with E-state index in [-0.39, 0.29) is 17.4 Å². The number of carbonyl (C=O) groups excluding carboxylic acids is 4. The lowest BCUT2D eigenvalue weighted by atomic mass is 10.0. The lowest BCUT2D eigenvalue weighted by Crippen LogP contribution is -2.55. The minimum absolute atomic E-state index is 0.0152. The van der Waals surface area contributed by atoms with Crippen LogP contribution in [0.5, 0.6) is 0 Å². The molecule has 3 atom stereocenters. The van der Waals surface area contributed by atoms with Gasteiger partial charge >= 0.3 is 12.1 Å². The van der Waals surface area contributed by atoms with Crippen LogP contribution in [-0.4, -0.2) is 66.5 Å². The van der Waals surface area contributed by atoms with Crippen molar-refractivity contribution in [2.45, 2.75) is 52.2 Å². The van der Waals surface area contributed by atoms with E-state index in [4.69, 9.17) is 0 Å². The lowest BCUT2D eigenvalue weighted by molar-refractivity contribution is -0.148. The molecule has 0 saturated carbocycles. The number of ether oxygens (including phenoxy) is 2. The topological polar surface area (TPSA) is 134 Å². The van der Waals surface area contributed by atoms with Crippen LogP contribution in [0.4, 0.5) is 4.79 Å². The third-order valence-corrected chi connectivity index (χ3v) is 3.32. The number of nitrogens with one attached hydrogen (secondary N) is 2. The molecule has 0 heterocycles. The van der Waals surface area contributed by atoms with Gasteiger partial charge in [-0.1, -0.05) is 13.8 Å². The van der Waals surface area contributed by atoms with Crippen LogP contribution in [0.1, 0.15) is 34.1 Å². The van der Waals surface area contributed by atoms with E-state index in [1.54, 1.807) is 13.8 Å². The van der Waals surface area contributed by atoms with Gasteiger partial charge in [-0.05, 0) is 26.2 Å². The second kappa shape index (κ2) is 10.5. The van der Waals surface area contributed by atoms with E-state index in [0.29, 0.717) is 0 Å². The SMILES string of the molecule is COC(=O)[C@H](C)NC(=O)[C@H](C)NC(=O)[C@@H](CC(C)C)N(O)C(=O)OC. The Balaban J connectivity index is 4.94. The summed E-state index contributed by atoms with van der Waals surface area (Å²) in [7, 11) is 2.26. The zero-order valence-electron chi connectivity index (χ0n) is 15.4. The highest BCUT2D eigenvalue weighted by atomic mass is 16.6. The number of carbonyl (C=O) groups is 4. The van der Waals surface area contributed by atoms with Gasteiger partial charge in [-0.25, -0.2) is 9.59 Å². The standard InChI is InChI=1S/C15H27N3O7/c1-8(2)7-11(18(23)15(22)25-6)13(20)16-9(3)12(19)17-10(4)14(21)24-5/h8-11,23H,7H2,1-6H3,(H,16,20)(H,17,19)/t9-,10-,11+/m0/s1. The predicted molar refractivity (Wildman–Crippen MR) is 86.5 cm³/mol. The van der Waals surface area contributed by atoms with Gasteiger partial charge in [-0.2, -0.15) is 5.06 Å². The van der Waals surface area contributed by atoms with Crippen molar-refractivity contribution in [1.82, 2.24) is 15.7 Å². The Morgan fingerprint density at radius 1 is 0.920 bits per heavy atom. The fourth-order valence-corrected chi connectivity index (χ4v) is 1.93. The average molecular weight is 361 g/mol. The van der Waals surface area contributed by atoms with Gasteiger partial charge in [0.25, 0.3) is 0 Å². The van der Waals surface area contributed by atoms with Gasteiger partial charge in [-0.3, -0.25) is 14.8 Å². The molecule has 0 radical (unpaired) electrons. The first-order valence-electron chi connectivity index (χ1n) is 7.79. The third-order valence-electron chi connectivity index (χ3n) is 3.32. The van der Waals surface area contributed by atoms with E-state index in [1.165, 1.54) is 21.0 Å². The molecule has 0 saturated heterocycles. The van der Waals surface area contributed by atoms with Crippen molar-refractivity contribution in [1.29, 1.82) is 0 Å². The van der Waals surface area contributed by atoms with Crippen LogP contribution in [0.25, 0.3) is 0 Å². The number of nitrogens with zero attached hydrogens (tertiary/aromatic N) is 1. The van der Waals surface area contributed by atoms with Crippen molar-refractivity contribution < 1.29 is 33.9 Å². The fraction of sp³-hybridized carbons (Fsp3) is 0.733. The number of hydrogen-bond acceptors (Lipinski definition) is 7. The van der Waals surface area contributed by atoms with E-state index in [0.717, 1.165) is 7.11 Å². The van der Waals surface area contributed by atoms with Crippen LogP contribution in [0, 0.1) is 5.92 Å². The minimum Gasteiger partial charge on any atom is -0.467 e. The van der Waals surface area contributed by atoms with Crippen molar-refractivity contribution in [2.24, 2.45) is 5.92 Å². The average Bonchev–Trinajstić information content (AvgIpc) is 2.56. The van der Waals surface area contributed by atoms with E-state index in [9.17, 15) is 24.4 Å². The fourth-order valence-electron chi connectivity index (χ4n) is 1.93. The molecule has 0 aromatic rings. The molecular formula is C15H27N3O7. The predicted octanol–water partition coefficient (Wildman–Crippen LogP) is 0.0411. The number of esters is 1. The second-order valence-corrected chi connectivity index (χ2v) is 5.94. The summed E-state index contributed by atoms with van der Waals surface area (Å²) in [5.41, 5.74) is 0. The van der Waals surface area contributed by atoms with E-state index >= 15 is 0 Å². The molecule has 0 spiro atoms. The van der Waals surface area contributed by atoms with Gasteiger partial charge in [0.1, 0.15) is 18.1 Å². The summed E-state index contributed by atoms with van der Waals surface area (Å²) in [5, 5.41) is 14.8. The zero-order chi connectivity index (χ0) is 19.7. The van der Waals surface area contributed by atoms with Crippen LogP contribution < -0.4 is 10.6 Å². The molecule has 10 heteroatoms. The van der Waals surface area contributed by atoms with Gasteiger partial charge < -0.3 is 20.1 Å². The maximum atomic E-state index is 12.3. The summed E-state index contributed by atoms with van der Waals surface area (Å²) in [4.78, 5) is 47.1. The summed E-state index contributed by atoms with van der Waals surface area (Å²) < 4.78 is 8.89. The Kier molecular flexibility index (Phi) is 9.50. The molecule has 25 heavy (non-hydrogen) atoms. The molecule has 0 aliphatic carbocycles. The van der Waals surface area contributed by atoms with Crippen molar-refractivity contribution in [3.8, 4) is 0 Å². The Bertz CT molecular complexity index is 496. The van der Waals surface area contributed by atoms with Crippen LogP contribution in [0.15, 0.2) is 0 Å². The van der Waals surface area contributed by atoms with Gasteiger partial charge in [0.15, 0.2) is 0 Å². The molecule has 0 aromatic heterocycles. The second-order valence-electron chi connectivity index (χ2n) is 5.94. The van der Waals surface area contributed by atoms with Crippen LogP contribution >= 0.6 is 0 Å². The summed E-state index contributed by atoms with van der Waals surface area (Å²) in [5.74, 6) is -1.98. The van der Waals surface area contributed by atoms with Crippen molar-refractivity contribution in [3.05, 3.63) is 0 Å². The quantitative estimate of drug-likeness (QED) is 0.316. The van der Waals surface area contributed by atoms with Gasteiger partial charge in [-0.15, -0.1) is 0 Å². The van der Waals surface area contributed by atoms with Crippen LogP contribution in [0.3, 0.4) is 0 Å². The molecule has 10 nitrogen and oxygen atoms in total. The summed E-state index contributed by atoms with van der Waals surface area (Å²) in [6.45, 7) is 6.45. The van der Waals surface area contributed by atoms with Crippen LogP contribution in [-0.2, 0) is 23.9 Å². The van der Waals surface area contributed by atoms with Crippen LogP contribution in [0.2, 0.25) is 0 Å². The number of hydroxylamine groups is 2. The maximum absolute atomic E-state index is 12.3. The first-order valence-corrected chi connectivity index (χ1v) is 7.79. The normalized spacial score (nSPS) is 14.1. The number of hydrogen-bond donors (Lipinski definition) is 3. The Morgan fingerprint density at radius 2 is 1.44 bits per heavy atom. The molecule has 0 aliphatic heterocycles. The van der Waals surface area contributed by atoms with E-state index in [2.05, 4.69) is 20.1 Å². The van der Waals surface area contributed by atoms with E-state index < -0.39 is 42.0 Å². The highest BCUT2D eigenvalue weighted by Gasteiger charge is 2.32. The number of rotatable bonds is 8. The molecule has 0 aromatic carbocycles. The maximum Gasteiger partial charge on any atom is 0.434 e. The van der Waals surface area contributed by atoms with Gasteiger partial charge in [0, 0.05) is 0 Å². The zero-order valence-corrected chi connectivity index (χ0v) is 15.4. The summed E-state index contributed by atoms with van der Waals surface area (Å²) in [6.07, 6.45) is -0.929. The van der Waals surface area contributed by atoms with Gasteiger partial charge in [0.05, 0.1) is 14.2 Å². The Morgan fingerprint density at radius 3 is 1.88 bits per heavy atom. The molecular weight excluding hydrogens is 334 g/mol. The summed E-state index contributed by atoms with van der Waals surface area (Å²) in [6, 6.07) is -3.10. The van der Waals surface area contributed by atoms with Crippen molar-refractivity contribution in [2.75, 3.05) is 14.2 Å². The number of methoxy groups -OCH3 is 2. The monoisotopic (exact) mass is 361 g/mol. The number of amides is 3. The van der Waals surface area contributed by atoms with Crippen molar-refractivity contribution in [3.63, 3.8) is 0 Å². The third kappa shape index (κ3) is 7.38.